The topological polar surface area (TPSA) is 110 Å². The third-order valence-electron chi connectivity index (χ3n) is 4.75. The van der Waals surface area contributed by atoms with Gasteiger partial charge in [0, 0.05) is 9.79 Å². The highest BCUT2D eigenvalue weighted by molar-refractivity contribution is 8.21. The molecule has 10 nitrogen and oxygen atoms in total. The van der Waals surface area contributed by atoms with Crippen LogP contribution in [0.2, 0.25) is 0 Å². The molecule has 0 radical (unpaired) electrons. The molecule has 0 fully saturated rings. The average molecular weight is 648 g/mol. The number of esters is 1. The summed E-state index contributed by atoms with van der Waals surface area (Å²) in [4.78, 5) is 38.0. The monoisotopic (exact) mass is 647 g/mol. The van der Waals surface area contributed by atoms with E-state index in [9.17, 15) is 14.2 Å². The molecule has 15 heteroatoms. The summed E-state index contributed by atoms with van der Waals surface area (Å²) in [5.74, 6) is -0.452. The minimum Gasteiger partial charge on any atom is -0.465 e. The quantitative estimate of drug-likeness (QED) is 0.0696. The number of halogens is 2. The molecule has 0 N–H and O–H groups in total. The van der Waals surface area contributed by atoms with Crippen molar-refractivity contribution >= 4 is 63.0 Å². The van der Waals surface area contributed by atoms with Gasteiger partial charge in [0.15, 0.2) is 11.5 Å². The van der Waals surface area contributed by atoms with Crippen molar-refractivity contribution in [2.45, 2.75) is 23.3 Å². The molecule has 0 unspecified atom stereocenters. The maximum Gasteiger partial charge on any atom is 0.423 e. The molecule has 0 aromatic heterocycles. The number of nitrogens with zero attached hydrogens (tertiary/aromatic N) is 1. The number of carbonyl (C=O) groups excluding carboxylic acids is 2. The summed E-state index contributed by atoms with van der Waals surface area (Å²) in [7, 11) is 9.00. The Balaban J connectivity index is 1.79. The lowest BCUT2D eigenvalue weighted by atomic mass is 10.2. The van der Waals surface area contributed by atoms with Gasteiger partial charge in [-0.05, 0) is 104 Å². The molecule has 3 aromatic rings. The van der Waals surface area contributed by atoms with Crippen LogP contribution in [-0.2, 0) is 34.8 Å². The molecule has 0 aliphatic carbocycles. The van der Waals surface area contributed by atoms with Gasteiger partial charge in [0.2, 0.25) is 0 Å². The van der Waals surface area contributed by atoms with Gasteiger partial charge in [0.1, 0.15) is 19.4 Å². The van der Waals surface area contributed by atoms with Gasteiger partial charge in [0.05, 0.1) is 6.61 Å². The lowest BCUT2D eigenvalue weighted by molar-refractivity contribution is -0.172. The van der Waals surface area contributed by atoms with Gasteiger partial charge in [-0.25, -0.2) is 4.79 Å². The van der Waals surface area contributed by atoms with Crippen molar-refractivity contribution in [3.63, 3.8) is 0 Å². The van der Waals surface area contributed by atoms with Gasteiger partial charge in [-0.15, -0.1) is 0 Å². The largest absolute Gasteiger partial charge is 0.465 e. The molecule has 1 amide bonds. The van der Waals surface area contributed by atoms with Crippen LogP contribution in [0.5, 0.6) is 11.5 Å². The third-order valence-corrected chi connectivity index (χ3v) is 8.01. The molecule has 0 spiro atoms. The Labute approximate surface area is 248 Å². The molecule has 40 heavy (non-hydrogen) atoms. The van der Waals surface area contributed by atoms with E-state index < -0.39 is 32.5 Å². The van der Waals surface area contributed by atoms with Crippen molar-refractivity contribution in [3.8, 4) is 11.5 Å². The molecule has 0 atom stereocenters. The predicted molar refractivity (Wildman–Crippen MR) is 152 cm³/mol. The van der Waals surface area contributed by atoms with Gasteiger partial charge in [0.25, 0.3) is 0 Å². The van der Waals surface area contributed by atoms with Gasteiger partial charge in [-0.3, -0.25) is 14.3 Å². The van der Waals surface area contributed by atoms with Crippen LogP contribution in [-0.4, -0.2) is 36.4 Å². The highest BCUT2D eigenvalue weighted by Gasteiger charge is 2.37. The Morgan fingerprint density at radius 1 is 0.800 bits per heavy atom. The predicted octanol–water partition coefficient (Wildman–Crippen LogP) is 7.85. The highest BCUT2D eigenvalue weighted by Crippen LogP contribution is 2.49. The molecule has 0 aliphatic heterocycles. The summed E-state index contributed by atoms with van der Waals surface area (Å²) < 4.78 is 34.4. The van der Waals surface area contributed by atoms with Crippen LogP contribution in [0.4, 0.5) is 4.79 Å². The molecule has 3 aromatic carbocycles. The van der Waals surface area contributed by atoms with Crippen molar-refractivity contribution in [2.75, 3.05) is 19.4 Å². The summed E-state index contributed by atoms with van der Waals surface area (Å²) >= 11 is 0. The van der Waals surface area contributed by atoms with E-state index in [0.717, 1.165) is 36.6 Å². The second-order valence-corrected chi connectivity index (χ2v) is 11.7. The first-order valence-corrected chi connectivity index (χ1v) is 16.6. The number of hydrogen-bond donors (Lipinski definition) is 0. The number of rotatable bonds is 15. The van der Waals surface area contributed by atoms with E-state index in [2.05, 4.69) is 0 Å². The first-order chi connectivity index (χ1) is 19.3. The van der Waals surface area contributed by atoms with Crippen LogP contribution in [0.25, 0.3) is 0 Å². The zero-order chi connectivity index (χ0) is 28.8. The van der Waals surface area contributed by atoms with E-state index in [1.807, 2.05) is 6.07 Å². The molecule has 0 bridgehead atoms. The lowest BCUT2D eigenvalue weighted by Crippen LogP contribution is -2.38. The maximum absolute atomic E-state index is 13.8. The SMILES string of the molecule is CCOC(=O)CN(CP(=O)(OOc1ccc(SCl)cc1)OOc1ccc(SCl)cc1)C(=O)OCc1ccccc1. The van der Waals surface area contributed by atoms with E-state index in [0.29, 0.717) is 5.56 Å². The summed E-state index contributed by atoms with van der Waals surface area (Å²) in [6, 6.07) is 21.5. The Hall–Kier alpha value is -2.57. The Morgan fingerprint density at radius 3 is 1.80 bits per heavy atom. The minimum atomic E-state index is -4.46. The molecular formula is C25H24Cl2NO9PS2. The summed E-state index contributed by atoms with van der Waals surface area (Å²) in [5.41, 5.74) is 0.700. The highest BCUT2D eigenvalue weighted by atomic mass is 35.7. The normalized spacial score (nSPS) is 11.0. The summed E-state index contributed by atoms with van der Waals surface area (Å²) in [5, 5.41) is 0. The standard InChI is InChI=1S/C25H24Cl2NO9PS2/c1-2-32-24(29)16-28(25(30)33-17-19-6-4-3-5-7-19)18-38(31,36-34-20-8-12-22(39-26)13-9-20)37-35-21-10-14-23(40-27)15-11-21/h3-15H,2,16-18H2,1H3. The molecule has 0 heterocycles. The number of ether oxygens (including phenoxy) is 2. The Kier molecular flexibility index (Phi) is 13.3. The van der Waals surface area contributed by atoms with Crippen LogP contribution in [0, 0.1) is 0 Å². The van der Waals surface area contributed by atoms with Gasteiger partial charge < -0.3 is 19.2 Å². The van der Waals surface area contributed by atoms with E-state index in [1.54, 1.807) is 55.5 Å². The van der Waals surface area contributed by atoms with Crippen molar-refractivity contribution in [2.24, 2.45) is 0 Å². The van der Waals surface area contributed by atoms with Crippen molar-refractivity contribution in [1.29, 1.82) is 0 Å². The molecule has 3 rings (SSSR count). The maximum atomic E-state index is 13.8. The van der Waals surface area contributed by atoms with E-state index in [-0.39, 0.29) is 24.7 Å². The first-order valence-electron chi connectivity index (χ1n) is 11.5. The molecule has 214 valence electrons. The number of amides is 1. The molecule has 0 aliphatic rings. The molecule has 0 saturated heterocycles. The average Bonchev–Trinajstić information content (AvgIpc) is 2.98. The zero-order valence-electron chi connectivity index (χ0n) is 21.0. The lowest BCUT2D eigenvalue weighted by Gasteiger charge is -2.24. The Bertz CT molecular complexity index is 1220. The van der Waals surface area contributed by atoms with Crippen molar-refractivity contribution in [3.05, 3.63) is 84.4 Å². The van der Waals surface area contributed by atoms with E-state index in [1.165, 1.54) is 24.3 Å². The first kappa shape index (κ1) is 32.0. The Morgan fingerprint density at radius 2 is 1.32 bits per heavy atom. The summed E-state index contributed by atoms with van der Waals surface area (Å²) in [6.45, 7) is 0.960. The van der Waals surface area contributed by atoms with Crippen molar-refractivity contribution in [1.82, 2.24) is 4.90 Å². The van der Waals surface area contributed by atoms with E-state index in [4.69, 9.17) is 50.0 Å². The number of carbonyl (C=O) groups is 2. The zero-order valence-corrected chi connectivity index (χ0v) is 25.0. The van der Waals surface area contributed by atoms with Crippen LogP contribution in [0.1, 0.15) is 12.5 Å². The summed E-state index contributed by atoms with van der Waals surface area (Å²) in [6.07, 6.45) is -1.76. The molecular weight excluding hydrogens is 624 g/mol. The second-order valence-electron chi connectivity index (χ2n) is 7.71. The van der Waals surface area contributed by atoms with Crippen LogP contribution in [0.15, 0.2) is 88.7 Å². The smallest absolute Gasteiger partial charge is 0.423 e. The third kappa shape index (κ3) is 10.8. The van der Waals surface area contributed by atoms with Gasteiger partial charge in [-0.2, -0.15) is 0 Å². The van der Waals surface area contributed by atoms with Crippen molar-refractivity contribution < 1.29 is 42.8 Å². The van der Waals surface area contributed by atoms with E-state index >= 15 is 0 Å². The fraction of sp³-hybridized carbons (Fsp3) is 0.200. The second kappa shape index (κ2) is 16.6. The molecule has 0 saturated carbocycles. The minimum absolute atomic E-state index is 0.0653. The number of benzene rings is 3. The van der Waals surface area contributed by atoms with Crippen LogP contribution in [0.3, 0.4) is 0 Å². The van der Waals surface area contributed by atoms with Crippen LogP contribution < -0.4 is 9.78 Å². The fourth-order valence-electron chi connectivity index (χ4n) is 2.91. The van der Waals surface area contributed by atoms with Crippen LogP contribution >= 0.6 is 50.9 Å². The fourth-order valence-corrected chi connectivity index (χ4v) is 5.15. The van der Waals surface area contributed by atoms with Gasteiger partial charge >= 0.3 is 19.7 Å². The van der Waals surface area contributed by atoms with Gasteiger partial charge in [-0.1, -0.05) is 39.7 Å². The number of hydrogen-bond acceptors (Lipinski definition) is 11.